The van der Waals surface area contributed by atoms with Crippen molar-refractivity contribution in [3.8, 4) is 11.3 Å². The third kappa shape index (κ3) is 5.08. The van der Waals surface area contributed by atoms with E-state index in [1.807, 2.05) is 18.5 Å². The van der Waals surface area contributed by atoms with Gasteiger partial charge in [0.05, 0.1) is 5.41 Å². The first-order valence-electron chi connectivity index (χ1n) is 15.0. The highest BCUT2D eigenvalue weighted by Crippen LogP contribution is 2.42. The van der Waals surface area contributed by atoms with Gasteiger partial charge in [-0.1, -0.05) is 29.3 Å². The number of benzene rings is 2. The molecule has 0 spiro atoms. The molecule has 2 aromatic heterocycles. The molecule has 5 heteroatoms. The van der Waals surface area contributed by atoms with Gasteiger partial charge in [0.15, 0.2) is 0 Å². The summed E-state index contributed by atoms with van der Waals surface area (Å²) in [4.78, 5) is 24.1. The van der Waals surface area contributed by atoms with Gasteiger partial charge in [0.1, 0.15) is 0 Å². The summed E-state index contributed by atoms with van der Waals surface area (Å²) < 4.78 is 0. The number of aryl methyl sites for hydroxylation is 2. The van der Waals surface area contributed by atoms with Gasteiger partial charge in [-0.05, 0) is 132 Å². The van der Waals surface area contributed by atoms with Crippen LogP contribution in [0.2, 0.25) is 0 Å². The van der Waals surface area contributed by atoms with E-state index < -0.39 is 5.41 Å². The van der Waals surface area contributed by atoms with Crippen molar-refractivity contribution in [1.82, 2.24) is 20.2 Å². The van der Waals surface area contributed by atoms with Gasteiger partial charge in [-0.15, -0.1) is 0 Å². The number of H-pyrrole nitrogens is 1. The number of hydrogen-bond acceptors (Lipinski definition) is 3. The molecule has 6 rings (SSSR count). The second-order valence-corrected chi connectivity index (χ2v) is 12.5. The van der Waals surface area contributed by atoms with Crippen molar-refractivity contribution >= 4 is 16.8 Å². The molecule has 0 unspecified atom stereocenters. The zero-order valence-corrected chi connectivity index (χ0v) is 24.4. The van der Waals surface area contributed by atoms with Crippen molar-refractivity contribution < 1.29 is 4.79 Å². The number of fused-ring (bicyclic) bond motifs is 3. The van der Waals surface area contributed by atoms with E-state index in [0.29, 0.717) is 18.0 Å². The molecule has 40 heavy (non-hydrogen) atoms. The molecule has 2 aliphatic heterocycles. The molecule has 5 nitrogen and oxygen atoms in total. The summed E-state index contributed by atoms with van der Waals surface area (Å²) in [5.41, 5.74) is 9.20. The number of carbonyl (C=O) groups excluding carboxylic acids is 1. The molecular formula is C35H42N4O. The maximum absolute atomic E-state index is 13.9. The first-order valence-corrected chi connectivity index (χ1v) is 15.0. The minimum Gasteiger partial charge on any atom is -0.354 e. The van der Waals surface area contributed by atoms with Gasteiger partial charge in [0.25, 0.3) is 0 Å². The van der Waals surface area contributed by atoms with Crippen LogP contribution in [0.5, 0.6) is 0 Å². The predicted octanol–water partition coefficient (Wildman–Crippen LogP) is 6.65. The van der Waals surface area contributed by atoms with E-state index in [1.165, 1.54) is 64.6 Å². The SMILES string of the molecule is Cc1cc(C)cc(-c2[nH]c3ccc(C(C)(C)C(=O)N4C5CCC4CC5)cc3c2CCNCCc2cccnc2)c1. The number of nitrogens with one attached hydrogen (secondary N) is 2. The third-order valence-corrected chi connectivity index (χ3v) is 9.23. The Labute approximate surface area is 238 Å². The average molecular weight is 535 g/mol. The molecule has 2 bridgehead atoms. The fraction of sp³-hybridized carbons (Fsp3) is 0.429. The van der Waals surface area contributed by atoms with Gasteiger partial charge in [0.2, 0.25) is 5.91 Å². The molecule has 0 saturated carbocycles. The number of hydrogen-bond donors (Lipinski definition) is 2. The van der Waals surface area contributed by atoms with E-state index in [4.69, 9.17) is 0 Å². The molecule has 2 aliphatic rings. The fourth-order valence-electron chi connectivity index (χ4n) is 7.07. The lowest BCUT2D eigenvalue weighted by Crippen LogP contribution is -2.45. The molecule has 208 valence electrons. The monoisotopic (exact) mass is 534 g/mol. The van der Waals surface area contributed by atoms with Crippen LogP contribution in [0.25, 0.3) is 22.2 Å². The minimum atomic E-state index is -0.560. The molecule has 4 heterocycles. The molecule has 1 amide bonds. The zero-order valence-electron chi connectivity index (χ0n) is 24.4. The number of amides is 1. The van der Waals surface area contributed by atoms with Gasteiger partial charge in [-0.25, -0.2) is 0 Å². The number of carbonyl (C=O) groups is 1. The third-order valence-electron chi connectivity index (χ3n) is 9.23. The van der Waals surface area contributed by atoms with Crippen LogP contribution in [-0.2, 0) is 23.1 Å². The van der Waals surface area contributed by atoms with Crippen LogP contribution in [-0.4, -0.2) is 45.9 Å². The number of aromatic nitrogens is 2. The number of pyridine rings is 1. The maximum atomic E-state index is 13.9. The lowest BCUT2D eigenvalue weighted by atomic mass is 9.82. The summed E-state index contributed by atoms with van der Waals surface area (Å²) in [6.45, 7) is 10.4. The summed E-state index contributed by atoms with van der Waals surface area (Å²) in [7, 11) is 0. The van der Waals surface area contributed by atoms with Crippen molar-refractivity contribution in [3.63, 3.8) is 0 Å². The quantitative estimate of drug-likeness (QED) is 0.236. The Balaban J connectivity index is 1.30. The molecule has 0 radical (unpaired) electrons. The van der Waals surface area contributed by atoms with E-state index in [2.05, 4.69) is 90.3 Å². The van der Waals surface area contributed by atoms with E-state index in [1.54, 1.807) is 0 Å². The Morgan fingerprint density at radius 1 is 0.975 bits per heavy atom. The molecule has 0 atom stereocenters. The highest BCUT2D eigenvalue weighted by molar-refractivity contribution is 5.94. The van der Waals surface area contributed by atoms with Crippen LogP contribution in [0.1, 0.15) is 67.3 Å². The van der Waals surface area contributed by atoms with Crippen LogP contribution in [0.3, 0.4) is 0 Å². The van der Waals surface area contributed by atoms with Crippen LogP contribution in [0, 0.1) is 13.8 Å². The highest BCUT2D eigenvalue weighted by Gasteiger charge is 2.46. The topological polar surface area (TPSA) is 61.0 Å². The van der Waals surface area contributed by atoms with Crippen molar-refractivity contribution in [1.29, 1.82) is 0 Å². The lowest BCUT2D eigenvalue weighted by Gasteiger charge is -2.33. The smallest absolute Gasteiger partial charge is 0.233 e. The van der Waals surface area contributed by atoms with E-state index in [0.717, 1.165) is 37.0 Å². The van der Waals surface area contributed by atoms with E-state index >= 15 is 0 Å². The first-order chi connectivity index (χ1) is 19.3. The first kappa shape index (κ1) is 26.8. The number of aromatic amines is 1. The molecule has 4 aromatic rings. The van der Waals surface area contributed by atoms with Crippen molar-refractivity contribution in [3.05, 3.63) is 88.7 Å². The van der Waals surface area contributed by atoms with Crippen molar-refractivity contribution in [2.75, 3.05) is 13.1 Å². The van der Waals surface area contributed by atoms with Crippen LogP contribution in [0.4, 0.5) is 0 Å². The highest BCUT2D eigenvalue weighted by atomic mass is 16.2. The van der Waals surface area contributed by atoms with E-state index in [9.17, 15) is 4.79 Å². The molecule has 2 N–H and O–H groups in total. The lowest BCUT2D eigenvalue weighted by molar-refractivity contribution is -0.137. The molecule has 2 aromatic carbocycles. The molecule has 2 fully saturated rings. The fourth-order valence-corrected chi connectivity index (χ4v) is 7.07. The number of rotatable bonds is 9. The largest absolute Gasteiger partial charge is 0.354 e. The Hall–Kier alpha value is -3.44. The van der Waals surface area contributed by atoms with Crippen molar-refractivity contribution in [2.45, 2.75) is 83.7 Å². The second-order valence-electron chi connectivity index (χ2n) is 12.5. The summed E-state index contributed by atoms with van der Waals surface area (Å²) in [5, 5.41) is 4.88. The Kier molecular flexibility index (Phi) is 7.26. The maximum Gasteiger partial charge on any atom is 0.233 e. The summed E-state index contributed by atoms with van der Waals surface area (Å²) in [5.74, 6) is 0.292. The predicted molar refractivity (Wildman–Crippen MR) is 164 cm³/mol. The summed E-state index contributed by atoms with van der Waals surface area (Å²) >= 11 is 0. The zero-order chi connectivity index (χ0) is 27.9. The molecular weight excluding hydrogens is 492 g/mol. The van der Waals surface area contributed by atoms with Crippen LogP contribution < -0.4 is 5.32 Å². The van der Waals surface area contributed by atoms with Crippen LogP contribution >= 0.6 is 0 Å². The Morgan fingerprint density at radius 2 is 1.68 bits per heavy atom. The van der Waals surface area contributed by atoms with Gasteiger partial charge < -0.3 is 15.2 Å². The van der Waals surface area contributed by atoms with Crippen molar-refractivity contribution in [2.24, 2.45) is 0 Å². The van der Waals surface area contributed by atoms with Gasteiger partial charge in [-0.2, -0.15) is 0 Å². The number of nitrogens with zero attached hydrogens (tertiary/aromatic N) is 2. The Bertz CT molecular complexity index is 1480. The van der Waals surface area contributed by atoms with Gasteiger partial charge in [0, 0.05) is 41.1 Å². The van der Waals surface area contributed by atoms with Gasteiger partial charge >= 0.3 is 0 Å². The molecule has 2 saturated heterocycles. The van der Waals surface area contributed by atoms with Gasteiger partial charge in [-0.3, -0.25) is 9.78 Å². The minimum absolute atomic E-state index is 0.292. The average Bonchev–Trinajstić information content (AvgIpc) is 3.65. The normalized spacial score (nSPS) is 18.6. The molecule has 0 aliphatic carbocycles. The second kappa shape index (κ2) is 10.9. The van der Waals surface area contributed by atoms with E-state index in [-0.39, 0.29) is 0 Å². The van der Waals surface area contributed by atoms with Crippen LogP contribution in [0.15, 0.2) is 60.9 Å². The summed E-state index contributed by atoms with van der Waals surface area (Å²) in [6.07, 6.45) is 10.3. The standard InChI is InChI=1S/C35H42N4O/c1-23-18-24(2)20-26(19-23)33-30(14-17-36-16-13-25-6-5-15-37-22-25)31-21-27(7-12-32(31)38-33)35(3,4)34(40)39-28-8-9-29(39)11-10-28/h5-7,12,15,18-22,28-29,36,38H,8-11,13-14,16-17H2,1-4H3. The summed E-state index contributed by atoms with van der Waals surface area (Å²) in [6, 6.07) is 18.4. The Morgan fingerprint density at radius 3 is 2.35 bits per heavy atom.